The van der Waals surface area contributed by atoms with Crippen molar-refractivity contribution < 1.29 is 4.79 Å². The fourth-order valence-electron chi connectivity index (χ4n) is 1.68. The molecule has 0 saturated carbocycles. The largest absolute Gasteiger partial charge is 0.299 e. The molecule has 0 radical (unpaired) electrons. The van der Waals surface area contributed by atoms with E-state index in [1.54, 1.807) is 17.1 Å². The number of hydrogen-bond acceptors (Lipinski definition) is 3. The average molecular weight is 229 g/mol. The summed E-state index contributed by atoms with van der Waals surface area (Å²) in [5.41, 5.74) is 1.94. The molecular formula is C13H15N3O. The molecular weight excluding hydrogens is 214 g/mol. The fraction of sp³-hybridized carbons (Fsp3) is 0.308. The van der Waals surface area contributed by atoms with E-state index in [1.807, 2.05) is 31.4 Å². The lowest BCUT2D eigenvalue weighted by Crippen LogP contribution is -2.05. The van der Waals surface area contributed by atoms with E-state index in [2.05, 4.69) is 10.1 Å². The lowest BCUT2D eigenvalue weighted by molar-refractivity contribution is -0.118. The molecule has 0 fully saturated rings. The van der Waals surface area contributed by atoms with E-state index in [0.717, 1.165) is 17.7 Å². The van der Waals surface area contributed by atoms with Gasteiger partial charge in [-0.05, 0) is 24.1 Å². The Morgan fingerprint density at radius 3 is 2.94 bits per heavy atom. The Kier molecular flexibility index (Phi) is 3.65. The minimum atomic E-state index is 0.215. The van der Waals surface area contributed by atoms with Crippen molar-refractivity contribution in [3.05, 3.63) is 48.0 Å². The molecule has 0 atom stereocenters. The Hall–Kier alpha value is -1.97. The van der Waals surface area contributed by atoms with Crippen LogP contribution in [0.4, 0.5) is 0 Å². The van der Waals surface area contributed by atoms with Crippen molar-refractivity contribution >= 4 is 5.78 Å². The summed E-state index contributed by atoms with van der Waals surface area (Å²) in [6, 6.07) is 5.75. The van der Waals surface area contributed by atoms with E-state index >= 15 is 0 Å². The molecule has 0 saturated heterocycles. The van der Waals surface area contributed by atoms with Gasteiger partial charge in [-0.2, -0.15) is 5.10 Å². The Morgan fingerprint density at radius 2 is 2.29 bits per heavy atom. The van der Waals surface area contributed by atoms with Crippen LogP contribution in [0.5, 0.6) is 0 Å². The topological polar surface area (TPSA) is 47.8 Å². The summed E-state index contributed by atoms with van der Waals surface area (Å²) in [5, 5.41) is 4.19. The standard InChI is InChI=1S/C13H15N3O/c1-16-8-6-12(15-16)9-13(17)5-4-11-3-2-7-14-10-11/h2-3,6-8,10H,4-5,9H2,1H3. The third kappa shape index (κ3) is 3.52. The van der Waals surface area contributed by atoms with Gasteiger partial charge in [-0.1, -0.05) is 6.07 Å². The van der Waals surface area contributed by atoms with Gasteiger partial charge in [0.25, 0.3) is 0 Å². The highest BCUT2D eigenvalue weighted by Crippen LogP contribution is 2.04. The van der Waals surface area contributed by atoms with Gasteiger partial charge in [0.05, 0.1) is 12.1 Å². The van der Waals surface area contributed by atoms with Crippen LogP contribution in [0.25, 0.3) is 0 Å². The first-order valence-electron chi connectivity index (χ1n) is 5.63. The highest BCUT2D eigenvalue weighted by atomic mass is 16.1. The first-order valence-corrected chi connectivity index (χ1v) is 5.63. The molecule has 88 valence electrons. The second-order valence-corrected chi connectivity index (χ2v) is 4.06. The lowest BCUT2D eigenvalue weighted by atomic mass is 10.1. The zero-order chi connectivity index (χ0) is 12.1. The van der Waals surface area contributed by atoms with Gasteiger partial charge < -0.3 is 0 Å². The number of rotatable bonds is 5. The molecule has 2 heterocycles. The second kappa shape index (κ2) is 5.39. The van der Waals surface area contributed by atoms with Gasteiger partial charge in [0.15, 0.2) is 0 Å². The van der Waals surface area contributed by atoms with Gasteiger partial charge in [0, 0.05) is 32.1 Å². The third-order valence-corrected chi connectivity index (χ3v) is 2.56. The number of aryl methyl sites for hydroxylation is 2. The number of pyridine rings is 1. The summed E-state index contributed by atoms with van der Waals surface area (Å²) >= 11 is 0. The normalized spacial score (nSPS) is 10.4. The van der Waals surface area contributed by atoms with E-state index in [9.17, 15) is 4.79 Å². The third-order valence-electron chi connectivity index (χ3n) is 2.56. The molecule has 0 amide bonds. The molecule has 0 spiro atoms. The molecule has 0 aromatic carbocycles. The first-order chi connectivity index (χ1) is 8.24. The Morgan fingerprint density at radius 1 is 1.41 bits per heavy atom. The fourth-order valence-corrected chi connectivity index (χ4v) is 1.68. The number of Topliss-reactive ketones (excluding diaryl/α,β-unsaturated/α-hetero) is 1. The minimum absolute atomic E-state index is 0.215. The highest BCUT2D eigenvalue weighted by Gasteiger charge is 2.06. The lowest BCUT2D eigenvalue weighted by Gasteiger charge is -1.99. The number of nitrogens with zero attached hydrogens (tertiary/aromatic N) is 3. The molecule has 0 unspecified atom stereocenters. The van der Waals surface area contributed by atoms with Crippen molar-refractivity contribution in [3.63, 3.8) is 0 Å². The summed E-state index contributed by atoms with van der Waals surface area (Å²) in [5.74, 6) is 0.215. The molecule has 0 N–H and O–H groups in total. The van der Waals surface area contributed by atoms with E-state index in [4.69, 9.17) is 0 Å². The van der Waals surface area contributed by atoms with Crippen LogP contribution >= 0.6 is 0 Å². The van der Waals surface area contributed by atoms with Crippen molar-refractivity contribution in [2.75, 3.05) is 0 Å². The SMILES string of the molecule is Cn1ccc(CC(=O)CCc2cccnc2)n1. The molecule has 0 bridgehead atoms. The molecule has 2 aromatic heterocycles. The number of carbonyl (C=O) groups is 1. The van der Waals surface area contributed by atoms with Crippen molar-refractivity contribution in [2.45, 2.75) is 19.3 Å². The predicted molar refractivity (Wildman–Crippen MR) is 64.5 cm³/mol. The number of ketones is 1. The zero-order valence-corrected chi connectivity index (χ0v) is 9.84. The van der Waals surface area contributed by atoms with E-state index in [0.29, 0.717) is 12.8 Å². The van der Waals surface area contributed by atoms with Crippen LogP contribution < -0.4 is 0 Å². The minimum Gasteiger partial charge on any atom is -0.299 e. The van der Waals surface area contributed by atoms with Crippen molar-refractivity contribution in [2.24, 2.45) is 7.05 Å². The Balaban J connectivity index is 1.82. The summed E-state index contributed by atoms with van der Waals surface area (Å²) in [6.07, 6.45) is 7.10. The predicted octanol–water partition coefficient (Wildman–Crippen LogP) is 1.56. The average Bonchev–Trinajstić information content (AvgIpc) is 2.73. The van der Waals surface area contributed by atoms with Crippen molar-refractivity contribution in [1.82, 2.24) is 14.8 Å². The molecule has 0 aliphatic carbocycles. The van der Waals surface area contributed by atoms with Gasteiger partial charge in [-0.25, -0.2) is 0 Å². The molecule has 4 nitrogen and oxygen atoms in total. The van der Waals surface area contributed by atoms with Gasteiger partial charge in [0.1, 0.15) is 5.78 Å². The highest BCUT2D eigenvalue weighted by molar-refractivity contribution is 5.80. The number of aromatic nitrogens is 3. The zero-order valence-electron chi connectivity index (χ0n) is 9.84. The molecule has 0 aliphatic rings. The van der Waals surface area contributed by atoms with Gasteiger partial charge in [0.2, 0.25) is 0 Å². The Labute approximate surface area is 100 Å². The van der Waals surface area contributed by atoms with Gasteiger partial charge in [-0.15, -0.1) is 0 Å². The first kappa shape index (κ1) is 11.5. The van der Waals surface area contributed by atoms with Gasteiger partial charge >= 0.3 is 0 Å². The Bertz CT molecular complexity index is 490. The van der Waals surface area contributed by atoms with Crippen molar-refractivity contribution in [1.29, 1.82) is 0 Å². The monoisotopic (exact) mass is 229 g/mol. The van der Waals surface area contributed by atoms with Crippen LogP contribution in [-0.2, 0) is 24.7 Å². The second-order valence-electron chi connectivity index (χ2n) is 4.06. The molecule has 4 heteroatoms. The van der Waals surface area contributed by atoms with Crippen molar-refractivity contribution in [3.8, 4) is 0 Å². The van der Waals surface area contributed by atoms with Crippen LogP contribution in [0.15, 0.2) is 36.8 Å². The van der Waals surface area contributed by atoms with Crippen LogP contribution in [0, 0.1) is 0 Å². The van der Waals surface area contributed by atoms with Crippen LogP contribution in [0.3, 0.4) is 0 Å². The maximum atomic E-state index is 11.7. The number of carbonyl (C=O) groups excluding carboxylic acids is 1. The molecule has 0 aliphatic heterocycles. The summed E-state index contributed by atoms with van der Waals surface area (Å²) in [6.45, 7) is 0. The van der Waals surface area contributed by atoms with E-state index in [-0.39, 0.29) is 5.78 Å². The van der Waals surface area contributed by atoms with Crippen LogP contribution in [0.2, 0.25) is 0 Å². The summed E-state index contributed by atoms with van der Waals surface area (Å²) in [4.78, 5) is 15.7. The van der Waals surface area contributed by atoms with Crippen LogP contribution in [-0.4, -0.2) is 20.5 Å². The van der Waals surface area contributed by atoms with E-state index < -0.39 is 0 Å². The maximum Gasteiger partial charge on any atom is 0.139 e. The van der Waals surface area contributed by atoms with E-state index in [1.165, 1.54) is 0 Å². The summed E-state index contributed by atoms with van der Waals surface area (Å²) in [7, 11) is 1.85. The quantitative estimate of drug-likeness (QED) is 0.781. The maximum absolute atomic E-state index is 11.7. The molecule has 2 rings (SSSR count). The summed E-state index contributed by atoms with van der Waals surface area (Å²) < 4.78 is 1.71. The number of hydrogen-bond donors (Lipinski definition) is 0. The van der Waals surface area contributed by atoms with Crippen LogP contribution in [0.1, 0.15) is 17.7 Å². The smallest absolute Gasteiger partial charge is 0.139 e. The molecule has 17 heavy (non-hydrogen) atoms. The molecule has 2 aromatic rings. The van der Waals surface area contributed by atoms with Gasteiger partial charge in [-0.3, -0.25) is 14.5 Å².